The smallest absolute Gasteiger partial charge is 0.163 e. The Kier molecular flexibility index (Phi) is 8.81. The first-order valence-electron chi connectivity index (χ1n) is 8.51. The van der Waals surface area contributed by atoms with Gasteiger partial charge < -0.3 is 15.2 Å². The summed E-state index contributed by atoms with van der Waals surface area (Å²) in [6.45, 7) is 3.80. The molecule has 140 valence electrons. The fourth-order valence-corrected chi connectivity index (χ4v) is 4.10. The largest absolute Gasteiger partial charge is 0.504 e. The number of phenols is 1. The number of hydrogen-bond acceptors (Lipinski definition) is 5. The molecule has 2 aliphatic rings. The summed E-state index contributed by atoms with van der Waals surface area (Å²) in [6, 6.07) is 5.83. The van der Waals surface area contributed by atoms with E-state index in [2.05, 4.69) is 16.3 Å². The molecule has 1 aromatic rings. The zero-order chi connectivity index (χ0) is 16.2. The molecule has 0 unspecified atom stereocenters. The molecular formula is C18H27Cl2N3O2. The van der Waals surface area contributed by atoms with Gasteiger partial charge in [-0.3, -0.25) is 4.90 Å². The Morgan fingerprint density at radius 3 is 2.44 bits per heavy atom. The molecule has 0 aromatic heterocycles. The third-order valence-corrected chi connectivity index (χ3v) is 5.21. The fourth-order valence-electron chi connectivity index (χ4n) is 4.10. The molecule has 1 saturated heterocycles. The molecule has 0 amide bonds. The molecule has 1 aliphatic carbocycles. The number of nitrogens with one attached hydrogen (secondary N) is 1. The molecule has 1 saturated carbocycles. The maximum Gasteiger partial charge on any atom is 0.163 e. The maximum atomic E-state index is 10.7. The van der Waals surface area contributed by atoms with E-state index in [1.54, 1.807) is 19.2 Å². The molecule has 1 aromatic carbocycles. The zero-order valence-corrected chi connectivity index (χ0v) is 16.2. The van der Waals surface area contributed by atoms with E-state index in [9.17, 15) is 10.4 Å². The van der Waals surface area contributed by atoms with Crippen LogP contribution in [0.4, 0.5) is 0 Å². The van der Waals surface area contributed by atoms with Crippen molar-refractivity contribution >= 4 is 24.8 Å². The highest BCUT2D eigenvalue weighted by Gasteiger charge is 2.35. The molecule has 2 N–H and O–H groups in total. The Labute approximate surface area is 162 Å². The number of nitrogens with zero attached hydrogens (tertiary/aromatic N) is 2. The minimum absolute atomic E-state index is 0. The summed E-state index contributed by atoms with van der Waals surface area (Å²) in [5.74, 6) is 1.09. The third kappa shape index (κ3) is 4.51. The monoisotopic (exact) mass is 387 g/mol. The van der Waals surface area contributed by atoms with Crippen LogP contribution in [-0.4, -0.2) is 43.3 Å². The SMILES string of the molecule is COc1ccc(C#N)c([C@@H](C2CCCC2)N2CCNCC2)c1O.Cl.Cl. The Balaban J connectivity index is 0.00000156. The van der Waals surface area contributed by atoms with Gasteiger partial charge in [-0.1, -0.05) is 12.8 Å². The minimum Gasteiger partial charge on any atom is -0.504 e. The Morgan fingerprint density at radius 1 is 1.24 bits per heavy atom. The quantitative estimate of drug-likeness (QED) is 0.829. The number of hydrogen-bond donors (Lipinski definition) is 2. The zero-order valence-electron chi connectivity index (χ0n) is 14.5. The summed E-state index contributed by atoms with van der Waals surface area (Å²) in [5.41, 5.74) is 1.33. The van der Waals surface area contributed by atoms with Crippen LogP contribution in [0.3, 0.4) is 0 Å². The average Bonchev–Trinajstić information content (AvgIpc) is 3.11. The van der Waals surface area contributed by atoms with Gasteiger partial charge in [-0.15, -0.1) is 24.8 Å². The molecule has 5 nitrogen and oxygen atoms in total. The van der Waals surface area contributed by atoms with Gasteiger partial charge in [-0.25, -0.2) is 0 Å². The lowest BCUT2D eigenvalue weighted by atomic mass is 9.86. The van der Waals surface area contributed by atoms with E-state index in [1.165, 1.54) is 12.8 Å². The van der Waals surface area contributed by atoms with Gasteiger partial charge in [-0.2, -0.15) is 5.26 Å². The number of ether oxygens (including phenoxy) is 1. The van der Waals surface area contributed by atoms with Crippen LogP contribution in [0.25, 0.3) is 0 Å². The Hall–Kier alpha value is -1.19. The molecule has 2 fully saturated rings. The Bertz CT molecular complexity index is 595. The lowest BCUT2D eigenvalue weighted by molar-refractivity contribution is 0.122. The van der Waals surface area contributed by atoms with Crippen molar-refractivity contribution < 1.29 is 9.84 Å². The second-order valence-corrected chi connectivity index (χ2v) is 6.46. The molecule has 0 radical (unpaired) electrons. The molecule has 1 aliphatic heterocycles. The predicted octanol–water partition coefficient (Wildman–Crippen LogP) is 3.25. The van der Waals surface area contributed by atoms with Crippen LogP contribution in [0.2, 0.25) is 0 Å². The number of rotatable bonds is 4. The van der Waals surface area contributed by atoms with Gasteiger partial charge >= 0.3 is 0 Å². The topological polar surface area (TPSA) is 68.5 Å². The van der Waals surface area contributed by atoms with Crippen LogP contribution >= 0.6 is 24.8 Å². The van der Waals surface area contributed by atoms with Gasteiger partial charge in [0, 0.05) is 37.8 Å². The van der Waals surface area contributed by atoms with Gasteiger partial charge in [0.2, 0.25) is 0 Å². The first-order valence-corrected chi connectivity index (χ1v) is 8.51. The summed E-state index contributed by atoms with van der Waals surface area (Å²) < 4.78 is 5.30. The van der Waals surface area contributed by atoms with Crippen molar-refractivity contribution in [3.8, 4) is 17.6 Å². The molecule has 7 heteroatoms. The number of phenolic OH excluding ortho intramolecular Hbond substituents is 1. The second-order valence-electron chi connectivity index (χ2n) is 6.46. The second kappa shape index (κ2) is 10.1. The molecule has 25 heavy (non-hydrogen) atoms. The number of halogens is 2. The van der Waals surface area contributed by atoms with Crippen LogP contribution in [0.1, 0.15) is 42.9 Å². The number of nitriles is 1. The standard InChI is InChI=1S/C18H25N3O2.2ClH/c1-23-15-7-6-14(12-19)16(18(15)22)17(13-4-2-3-5-13)21-10-8-20-9-11-21;;/h6-7,13,17,20,22H,2-5,8-11H2,1H3;2*1H/t17-;;/m1../s1. The number of piperazine rings is 1. The number of aromatic hydroxyl groups is 1. The minimum atomic E-state index is 0. The van der Waals surface area contributed by atoms with E-state index >= 15 is 0 Å². The lowest BCUT2D eigenvalue weighted by Crippen LogP contribution is -2.46. The van der Waals surface area contributed by atoms with Gasteiger partial charge in [0.15, 0.2) is 11.5 Å². The third-order valence-electron chi connectivity index (χ3n) is 5.21. The number of methoxy groups -OCH3 is 1. The highest BCUT2D eigenvalue weighted by atomic mass is 35.5. The molecule has 1 atom stereocenters. The average molecular weight is 388 g/mol. The van der Waals surface area contributed by atoms with Gasteiger partial charge in [0.1, 0.15) is 0 Å². The maximum absolute atomic E-state index is 10.7. The van der Waals surface area contributed by atoms with E-state index < -0.39 is 0 Å². The van der Waals surface area contributed by atoms with Crippen LogP contribution in [-0.2, 0) is 0 Å². The summed E-state index contributed by atoms with van der Waals surface area (Å²) in [7, 11) is 1.56. The van der Waals surface area contributed by atoms with Crippen LogP contribution in [0.15, 0.2) is 12.1 Å². The molecule has 1 heterocycles. The van der Waals surface area contributed by atoms with E-state index in [-0.39, 0.29) is 36.6 Å². The van der Waals surface area contributed by atoms with Crippen molar-refractivity contribution in [3.63, 3.8) is 0 Å². The molecule has 3 rings (SSSR count). The van der Waals surface area contributed by atoms with Crippen molar-refractivity contribution in [2.24, 2.45) is 5.92 Å². The highest BCUT2D eigenvalue weighted by Crippen LogP contribution is 2.46. The predicted molar refractivity (Wildman–Crippen MR) is 103 cm³/mol. The lowest BCUT2D eigenvalue weighted by Gasteiger charge is -2.39. The molecular weight excluding hydrogens is 361 g/mol. The van der Waals surface area contributed by atoms with Gasteiger partial charge in [-0.05, 0) is 30.9 Å². The van der Waals surface area contributed by atoms with E-state index in [0.29, 0.717) is 17.2 Å². The molecule has 0 bridgehead atoms. The van der Waals surface area contributed by atoms with Crippen LogP contribution in [0.5, 0.6) is 11.5 Å². The van der Waals surface area contributed by atoms with Gasteiger partial charge in [0.25, 0.3) is 0 Å². The fraction of sp³-hybridized carbons (Fsp3) is 0.611. The van der Waals surface area contributed by atoms with Gasteiger partial charge in [0.05, 0.1) is 18.7 Å². The first-order chi connectivity index (χ1) is 11.3. The van der Waals surface area contributed by atoms with E-state index in [4.69, 9.17) is 4.74 Å². The van der Waals surface area contributed by atoms with Crippen molar-refractivity contribution in [3.05, 3.63) is 23.3 Å². The van der Waals surface area contributed by atoms with Crippen LogP contribution < -0.4 is 10.1 Å². The van der Waals surface area contributed by atoms with Crippen LogP contribution in [0, 0.1) is 17.2 Å². The van der Waals surface area contributed by atoms with E-state index in [0.717, 1.165) is 44.6 Å². The summed E-state index contributed by atoms with van der Waals surface area (Å²) >= 11 is 0. The van der Waals surface area contributed by atoms with Crippen molar-refractivity contribution in [2.45, 2.75) is 31.7 Å². The van der Waals surface area contributed by atoms with Crippen molar-refractivity contribution in [2.75, 3.05) is 33.3 Å². The van der Waals surface area contributed by atoms with Crippen molar-refractivity contribution in [1.82, 2.24) is 10.2 Å². The first kappa shape index (κ1) is 21.9. The summed E-state index contributed by atoms with van der Waals surface area (Å²) in [4.78, 5) is 2.43. The van der Waals surface area contributed by atoms with E-state index in [1.807, 2.05) is 0 Å². The van der Waals surface area contributed by atoms with Crippen molar-refractivity contribution in [1.29, 1.82) is 5.26 Å². The Morgan fingerprint density at radius 2 is 1.88 bits per heavy atom. The summed E-state index contributed by atoms with van der Waals surface area (Å²) in [5, 5.41) is 23.7. The molecule has 0 spiro atoms. The highest BCUT2D eigenvalue weighted by molar-refractivity contribution is 5.85. The summed E-state index contributed by atoms with van der Waals surface area (Å²) in [6.07, 6.45) is 4.80. The number of benzene rings is 1. The normalized spacial score (nSPS) is 19.4.